The quantitative estimate of drug-likeness (QED) is 0.0210. The number of ether oxygens (including phenoxy) is 1. The SMILES string of the molecule is COc1ccc(N=Nc2c(S(=O)(=O)O)cc3c(S(=O)(=O)O)c(N=Nc4cc(S(=O)(=O)O)c5cc(S(=O)(=O)O)c(N=Nc6ccc([N+](=O)[O-])cc6S(=O)(=O)O)c(O)c5c4N)ccc3c2O)c(S(=O)(=O)O)c1. The third-order valence-corrected chi connectivity index (χ3v) is 14.6. The Morgan fingerprint density at radius 2 is 0.929 bits per heavy atom. The summed E-state index contributed by atoms with van der Waals surface area (Å²) in [4.78, 5) is 2.15. The predicted octanol–water partition coefficient (Wildman–Crippen LogP) is 5.63. The molecule has 0 unspecified atom stereocenters. The van der Waals surface area contributed by atoms with Crippen LogP contribution in [0.25, 0.3) is 21.5 Å². The summed E-state index contributed by atoms with van der Waals surface area (Å²) < 4.78 is 215. The number of anilines is 1. The number of hydrogen-bond acceptors (Lipinski definition) is 24. The lowest BCUT2D eigenvalue weighted by Gasteiger charge is -2.15. The molecule has 0 fully saturated rings. The number of nitrogen functional groups attached to an aromatic ring is 1. The molecular weight excluding hydrogens is 1070 g/mol. The number of nitro benzene ring substituents is 1. The molecule has 70 heavy (non-hydrogen) atoms. The number of hydrogen-bond donors (Lipinski definition) is 9. The Hall–Kier alpha value is -7.30. The van der Waals surface area contributed by atoms with Crippen molar-refractivity contribution in [2.24, 2.45) is 30.7 Å². The molecule has 0 saturated carbocycles. The fraction of sp³-hybridized carbons (Fsp3) is 0.0303. The number of benzene rings is 6. The lowest BCUT2D eigenvalue weighted by atomic mass is 10.0. The van der Waals surface area contributed by atoms with Gasteiger partial charge in [0, 0.05) is 34.4 Å². The molecular formula is C33H24N8O23S6. The first-order valence-electron chi connectivity index (χ1n) is 17.6. The maximum atomic E-state index is 12.9. The van der Waals surface area contributed by atoms with E-state index in [1.54, 1.807) is 0 Å². The average molecular weight is 1090 g/mol. The number of phenolic OH excluding ortho intramolecular Hbond substituents is 2. The highest BCUT2D eigenvalue weighted by atomic mass is 32.2. The van der Waals surface area contributed by atoms with E-state index in [9.17, 15) is 98.2 Å². The molecule has 37 heteroatoms. The zero-order chi connectivity index (χ0) is 52.4. The highest BCUT2D eigenvalue weighted by Gasteiger charge is 2.31. The molecule has 10 N–H and O–H groups in total. The van der Waals surface area contributed by atoms with Crippen LogP contribution < -0.4 is 10.5 Å². The van der Waals surface area contributed by atoms with E-state index in [0.29, 0.717) is 36.4 Å². The maximum absolute atomic E-state index is 12.9. The molecule has 0 bridgehead atoms. The Bertz CT molecular complexity index is 4110. The molecule has 0 aromatic heterocycles. The summed E-state index contributed by atoms with van der Waals surface area (Å²) in [7, 11) is -31.9. The van der Waals surface area contributed by atoms with Crippen molar-refractivity contribution in [1.29, 1.82) is 0 Å². The molecule has 370 valence electrons. The minimum absolute atomic E-state index is 0.115. The topological polar surface area (TPSA) is 519 Å². The van der Waals surface area contributed by atoms with Crippen LogP contribution in [0.1, 0.15) is 0 Å². The van der Waals surface area contributed by atoms with Crippen molar-refractivity contribution in [1.82, 2.24) is 0 Å². The Labute approximate surface area is 390 Å². The Balaban J connectivity index is 1.61. The summed E-state index contributed by atoms with van der Waals surface area (Å²) in [6.45, 7) is 0. The molecule has 0 aliphatic carbocycles. The van der Waals surface area contributed by atoms with Crippen LogP contribution in [0.15, 0.2) is 127 Å². The summed E-state index contributed by atoms with van der Waals surface area (Å²) in [6.07, 6.45) is 0. The first-order chi connectivity index (χ1) is 32.0. The van der Waals surface area contributed by atoms with Crippen molar-refractivity contribution in [2.75, 3.05) is 12.8 Å². The third-order valence-electron chi connectivity index (χ3n) is 9.23. The number of nitro groups is 1. The number of phenols is 2. The Morgan fingerprint density at radius 3 is 1.41 bits per heavy atom. The largest absolute Gasteiger partial charge is 0.505 e. The van der Waals surface area contributed by atoms with Gasteiger partial charge in [-0.1, -0.05) is 0 Å². The number of aromatic hydroxyl groups is 2. The van der Waals surface area contributed by atoms with E-state index >= 15 is 0 Å². The number of azo groups is 3. The number of nitrogens with zero attached hydrogens (tertiary/aromatic N) is 7. The fourth-order valence-corrected chi connectivity index (χ4v) is 10.4. The van der Waals surface area contributed by atoms with Crippen LogP contribution in [-0.2, 0) is 60.7 Å². The van der Waals surface area contributed by atoms with Gasteiger partial charge in [0.15, 0.2) is 11.5 Å². The van der Waals surface area contributed by atoms with E-state index in [4.69, 9.17) is 10.5 Å². The second-order valence-corrected chi connectivity index (χ2v) is 21.9. The van der Waals surface area contributed by atoms with Crippen molar-refractivity contribution >= 4 is 128 Å². The summed E-state index contributed by atoms with van der Waals surface area (Å²) in [6, 6.07) is 6.75. The first-order valence-corrected chi connectivity index (χ1v) is 26.2. The summed E-state index contributed by atoms with van der Waals surface area (Å²) in [5.74, 6) is -2.97. The van der Waals surface area contributed by atoms with Crippen LogP contribution in [-0.4, -0.2) is 100 Å². The Kier molecular flexibility index (Phi) is 13.3. The third kappa shape index (κ3) is 10.3. The van der Waals surface area contributed by atoms with E-state index in [2.05, 4.69) is 30.7 Å². The van der Waals surface area contributed by atoms with Gasteiger partial charge in [-0.3, -0.25) is 37.4 Å². The lowest BCUT2D eigenvalue weighted by Crippen LogP contribution is -2.04. The van der Waals surface area contributed by atoms with E-state index in [1.165, 1.54) is 0 Å². The molecule has 0 heterocycles. The molecule has 6 rings (SSSR count). The van der Waals surface area contributed by atoms with Crippen LogP contribution in [0.5, 0.6) is 17.2 Å². The molecule has 6 aromatic carbocycles. The average Bonchev–Trinajstić information content (AvgIpc) is 3.22. The van der Waals surface area contributed by atoms with Crippen molar-refractivity contribution in [3.63, 3.8) is 0 Å². The number of nitrogens with two attached hydrogens (primary N) is 1. The molecule has 0 spiro atoms. The van der Waals surface area contributed by atoms with Crippen LogP contribution in [0.3, 0.4) is 0 Å². The number of rotatable bonds is 14. The number of methoxy groups -OCH3 is 1. The molecule has 0 amide bonds. The van der Waals surface area contributed by atoms with Gasteiger partial charge >= 0.3 is 0 Å². The second-order valence-electron chi connectivity index (χ2n) is 13.6. The van der Waals surface area contributed by atoms with Gasteiger partial charge in [-0.2, -0.15) is 50.5 Å². The summed E-state index contributed by atoms with van der Waals surface area (Å²) in [5, 5.41) is 51.1. The van der Waals surface area contributed by atoms with E-state index in [0.717, 1.165) is 31.4 Å². The van der Waals surface area contributed by atoms with Crippen molar-refractivity contribution in [3.05, 3.63) is 76.8 Å². The first kappa shape index (κ1) is 52.1. The van der Waals surface area contributed by atoms with Gasteiger partial charge in [-0.05, 0) is 48.5 Å². The van der Waals surface area contributed by atoms with Gasteiger partial charge in [0.1, 0.15) is 69.2 Å². The fourth-order valence-electron chi connectivity index (χ4n) is 6.25. The van der Waals surface area contributed by atoms with Crippen molar-refractivity contribution in [2.45, 2.75) is 29.4 Å². The minimum atomic E-state index is -5.69. The van der Waals surface area contributed by atoms with Crippen molar-refractivity contribution in [3.8, 4) is 17.2 Å². The van der Waals surface area contributed by atoms with Crippen LogP contribution in [0, 0.1) is 10.1 Å². The Morgan fingerprint density at radius 1 is 0.486 bits per heavy atom. The zero-order valence-electron chi connectivity index (χ0n) is 33.7. The van der Waals surface area contributed by atoms with Gasteiger partial charge in [0.25, 0.3) is 66.4 Å². The molecule has 0 aliphatic rings. The van der Waals surface area contributed by atoms with Crippen LogP contribution >= 0.6 is 0 Å². The summed E-state index contributed by atoms with van der Waals surface area (Å²) in [5.41, 5.74) is -1.88. The van der Waals surface area contributed by atoms with E-state index in [1.807, 2.05) is 0 Å². The number of fused-ring (bicyclic) bond motifs is 2. The summed E-state index contributed by atoms with van der Waals surface area (Å²) >= 11 is 0. The van der Waals surface area contributed by atoms with E-state index < -0.39 is 174 Å². The monoisotopic (exact) mass is 1090 g/mol. The molecule has 0 aliphatic heterocycles. The highest BCUT2D eigenvalue weighted by molar-refractivity contribution is 7.87. The molecule has 0 atom stereocenters. The normalized spacial score (nSPS) is 13.3. The van der Waals surface area contributed by atoms with Gasteiger partial charge in [-0.25, -0.2) is 0 Å². The highest BCUT2D eigenvalue weighted by Crippen LogP contribution is 2.50. The molecule has 6 aromatic rings. The molecule has 0 saturated heterocycles. The number of non-ortho nitro benzene ring substituents is 1. The lowest BCUT2D eigenvalue weighted by molar-refractivity contribution is -0.385. The standard InChI is InChI=1S/C33H24N8O23S6/c1-64-14-3-6-19(24(9-14)67(52,53)54)36-39-29-25(68(55,56)57)10-16-15(31(29)42)4-7-20(33(16)70(61,62)63)37-38-21-12-22(65(46,47)48)17-11-26(69(58,59)60)30(32(43)27(17)28(21)34)40-35-18-5-2-13(41(44)45)8-23(18)66(49,50)51/h2-12,42-43H,34H2,1H3,(H,46,47,48)(H,49,50,51)(H,52,53,54)(H,55,56,57)(H,58,59,60)(H,61,62,63). The minimum Gasteiger partial charge on any atom is -0.505 e. The maximum Gasteiger partial charge on any atom is 0.297 e. The van der Waals surface area contributed by atoms with Crippen LogP contribution in [0.4, 0.5) is 45.5 Å². The van der Waals surface area contributed by atoms with E-state index in [-0.39, 0.29) is 11.8 Å². The molecule has 0 radical (unpaired) electrons. The smallest absolute Gasteiger partial charge is 0.297 e. The van der Waals surface area contributed by atoms with Gasteiger partial charge in [0.05, 0.1) is 23.1 Å². The predicted molar refractivity (Wildman–Crippen MR) is 233 cm³/mol. The van der Waals surface area contributed by atoms with Crippen LogP contribution in [0.2, 0.25) is 0 Å². The van der Waals surface area contributed by atoms with Gasteiger partial charge in [-0.15, -0.1) is 30.7 Å². The van der Waals surface area contributed by atoms with Gasteiger partial charge in [0.2, 0.25) is 0 Å². The van der Waals surface area contributed by atoms with Crippen molar-refractivity contribution < 1.29 is 97.7 Å². The zero-order valence-corrected chi connectivity index (χ0v) is 38.6. The van der Waals surface area contributed by atoms with Gasteiger partial charge < -0.3 is 20.7 Å². The second kappa shape index (κ2) is 17.9. The molecule has 31 nitrogen and oxygen atoms in total.